The Morgan fingerprint density at radius 3 is 2.57 bits per heavy atom. The Morgan fingerprint density at radius 1 is 1.21 bits per heavy atom. The summed E-state index contributed by atoms with van der Waals surface area (Å²) in [5.41, 5.74) is 2.52. The van der Waals surface area contributed by atoms with Gasteiger partial charge in [0, 0.05) is 17.0 Å². The molecule has 1 heterocycles. The fraction of sp³-hybridized carbons (Fsp3) is 0.391. The summed E-state index contributed by atoms with van der Waals surface area (Å²) in [6, 6.07) is 9.09. The SMILES string of the molecule is C=CCNC(=O)c1c(NC(=O)c2ccccc2)sc2c1CCC(C(C)(C)C)C2. The monoisotopic (exact) mass is 396 g/mol. The Bertz CT molecular complexity index is 878. The second-order valence-electron chi connectivity index (χ2n) is 8.33. The van der Waals surface area contributed by atoms with Gasteiger partial charge in [0.1, 0.15) is 5.00 Å². The van der Waals surface area contributed by atoms with Gasteiger partial charge < -0.3 is 10.6 Å². The lowest BCUT2D eigenvalue weighted by molar-refractivity contribution is 0.0957. The van der Waals surface area contributed by atoms with E-state index in [9.17, 15) is 9.59 Å². The average Bonchev–Trinajstić information content (AvgIpc) is 3.03. The molecule has 0 saturated carbocycles. The number of fused-ring (bicyclic) bond motifs is 1. The van der Waals surface area contributed by atoms with Gasteiger partial charge in [0.25, 0.3) is 11.8 Å². The lowest BCUT2D eigenvalue weighted by atomic mass is 9.72. The van der Waals surface area contributed by atoms with Gasteiger partial charge >= 0.3 is 0 Å². The first kappa shape index (κ1) is 20.3. The van der Waals surface area contributed by atoms with Crippen molar-refractivity contribution in [1.82, 2.24) is 5.32 Å². The molecule has 4 nitrogen and oxygen atoms in total. The number of nitrogens with one attached hydrogen (secondary N) is 2. The van der Waals surface area contributed by atoms with Gasteiger partial charge in [-0.1, -0.05) is 45.0 Å². The number of thiophene rings is 1. The summed E-state index contributed by atoms with van der Waals surface area (Å²) in [5.74, 6) is 0.236. The molecule has 2 amide bonds. The van der Waals surface area contributed by atoms with Crippen LogP contribution in [0, 0.1) is 11.3 Å². The van der Waals surface area contributed by atoms with E-state index in [2.05, 4.69) is 38.0 Å². The highest BCUT2D eigenvalue weighted by molar-refractivity contribution is 7.17. The topological polar surface area (TPSA) is 58.2 Å². The van der Waals surface area contributed by atoms with E-state index in [1.165, 1.54) is 4.88 Å². The molecule has 0 spiro atoms. The van der Waals surface area contributed by atoms with Crippen LogP contribution in [0.4, 0.5) is 5.00 Å². The van der Waals surface area contributed by atoms with Crippen LogP contribution in [-0.2, 0) is 12.8 Å². The highest BCUT2D eigenvalue weighted by Gasteiger charge is 2.34. The maximum Gasteiger partial charge on any atom is 0.256 e. The summed E-state index contributed by atoms with van der Waals surface area (Å²) < 4.78 is 0. The molecule has 1 aliphatic rings. The third kappa shape index (κ3) is 4.36. The minimum atomic E-state index is -0.190. The third-order valence-corrected chi connectivity index (χ3v) is 6.56. The summed E-state index contributed by atoms with van der Waals surface area (Å²) in [7, 11) is 0. The van der Waals surface area contributed by atoms with Crippen molar-refractivity contribution in [2.75, 3.05) is 11.9 Å². The van der Waals surface area contributed by atoms with Crippen LogP contribution in [0.2, 0.25) is 0 Å². The summed E-state index contributed by atoms with van der Waals surface area (Å²) >= 11 is 1.55. The lowest BCUT2D eigenvalue weighted by Crippen LogP contribution is -2.28. The molecule has 2 aromatic rings. The molecule has 0 radical (unpaired) electrons. The average molecular weight is 397 g/mol. The van der Waals surface area contributed by atoms with Crippen LogP contribution < -0.4 is 10.6 Å². The fourth-order valence-electron chi connectivity index (χ4n) is 3.67. The second-order valence-corrected chi connectivity index (χ2v) is 9.44. The smallest absolute Gasteiger partial charge is 0.256 e. The van der Waals surface area contributed by atoms with Crippen molar-refractivity contribution in [1.29, 1.82) is 0 Å². The number of hydrogen-bond acceptors (Lipinski definition) is 3. The number of hydrogen-bond donors (Lipinski definition) is 2. The van der Waals surface area contributed by atoms with Gasteiger partial charge in [-0.15, -0.1) is 17.9 Å². The zero-order chi connectivity index (χ0) is 20.3. The van der Waals surface area contributed by atoms with E-state index in [0.717, 1.165) is 24.8 Å². The maximum absolute atomic E-state index is 12.9. The van der Waals surface area contributed by atoms with Crippen LogP contribution >= 0.6 is 11.3 Å². The van der Waals surface area contributed by atoms with Gasteiger partial charge in [-0.05, 0) is 48.3 Å². The minimum Gasteiger partial charge on any atom is -0.348 e. The van der Waals surface area contributed by atoms with Gasteiger partial charge in [-0.2, -0.15) is 0 Å². The number of amides is 2. The molecule has 0 fully saturated rings. The molecule has 0 bridgehead atoms. The number of anilines is 1. The Labute approximate surface area is 171 Å². The molecule has 148 valence electrons. The summed E-state index contributed by atoms with van der Waals surface area (Å²) in [6.45, 7) is 10.9. The Hall–Kier alpha value is -2.40. The van der Waals surface area contributed by atoms with Gasteiger partial charge in [-0.25, -0.2) is 0 Å². The van der Waals surface area contributed by atoms with Crippen molar-refractivity contribution in [2.24, 2.45) is 11.3 Å². The molecule has 1 unspecified atom stereocenters. The summed E-state index contributed by atoms with van der Waals surface area (Å²) in [5, 5.41) is 6.51. The van der Waals surface area contributed by atoms with Gasteiger partial charge in [0.2, 0.25) is 0 Å². The van der Waals surface area contributed by atoms with E-state index < -0.39 is 0 Å². The van der Waals surface area contributed by atoms with E-state index in [1.54, 1.807) is 29.5 Å². The van der Waals surface area contributed by atoms with Crippen molar-refractivity contribution < 1.29 is 9.59 Å². The first-order valence-corrected chi connectivity index (χ1v) is 10.5. The zero-order valence-electron chi connectivity index (χ0n) is 16.8. The van der Waals surface area contributed by atoms with Crippen molar-refractivity contribution in [3.05, 3.63) is 64.6 Å². The van der Waals surface area contributed by atoms with Gasteiger partial charge in [-0.3, -0.25) is 9.59 Å². The van der Waals surface area contributed by atoms with E-state index in [0.29, 0.717) is 28.6 Å². The van der Waals surface area contributed by atoms with Crippen LogP contribution in [0.1, 0.15) is 58.3 Å². The third-order valence-electron chi connectivity index (χ3n) is 5.39. The van der Waals surface area contributed by atoms with Crippen LogP contribution in [-0.4, -0.2) is 18.4 Å². The molecule has 3 rings (SSSR count). The molecule has 1 aromatic heterocycles. The number of rotatable bonds is 5. The minimum absolute atomic E-state index is 0.144. The first-order chi connectivity index (χ1) is 13.3. The molecule has 0 aliphatic heterocycles. The zero-order valence-corrected chi connectivity index (χ0v) is 17.6. The predicted molar refractivity (Wildman–Crippen MR) is 116 cm³/mol. The van der Waals surface area contributed by atoms with Crippen molar-refractivity contribution in [2.45, 2.75) is 40.0 Å². The van der Waals surface area contributed by atoms with Crippen LogP contribution in [0.15, 0.2) is 43.0 Å². The number of benzene rings is 1. The molecular weight excluding hydrogens is 368 g/mol. The van der Waals surface area contributed by atoms with Crippen LogP contribution in [0.3, 0.4) is 0 Å². The molecule has 0 saturated heterocycles. The Kier molecular flexibility index (Phi) is 6.04. The molecule has 28 heavy (non-hydrogen) atoms. The maximum atomic E-state index is 12.9. The lowest BCUT2D eigenvalue weighted by Gasteiger charge is -2.33. The van der Waals surface area contributed by atoms with Gasteiger partial charge in [0.15, 0.2) is 0 Å². The Morgan fingerprint density at radius 2 is 1.93 bits per heavy atom. The fourth-order valence-corrected chi connectivity index (χ4v) is 4.99. The quantitative estimate of drug-likeness (QED) is 0.694. The van der Waals surface area contributed by atoms with E-state index in [1.807, 2.05) is 18.2 Å². The summed E-state index contributed by atoms with van der Waals surface area (Å²) in [4.78, 5) is 26.8. The Balaban J connectivity index is 1.94. The summed E-state index contributed by atoms with van der Waals surface area (Å²) in [6.07, 6.45) is 4.54. The molecule has 1 atom stereocenters. The van der Waals surface area contributed by atoms with Crippen molar-refractivity contribution in [3.63, 3.8) is 0 Å². The van der Waals surface area contributed by atoms with Crippen LogP contribution in [0.25, 0.3) is 0 Å². The standard InChI is InChI=1S/C23H28N2O2S/c1-5-13-24-21(27)19-17-12-11-16(23(2,3)4)14-18(17)28-22(19)25-20(26)15-9-7-6-8-10-15/h5-10,16H,1,11-14H2,2-4H3,(H,24,27)(H,25,26). The molecule has 5 heteroatoms. The van der Waals surface area contributed by atoms with E-state index >= 15 is 0 Å². The van der Waals surface area contributed by atoms with E-state index in [-0.39, 0.29) is 17.2 Å². The van der Waals surface area contributed by atoms with Crippen LogP contribution in [0.5, 0.6) is 0 Å². The first-order valence-electron chi connectivity index (χ1n) is 9.71. The normalized spacial score (nSPS) is 16.2. The highest BCUT2D eigenvalue weighted by Crippen LogP contribution is 2.44. The number of carbonyl (C=O) groups excluding carboxylic acids is 2. The predicted octanol–water partition coefficient (Wildman–Crippen LogP) is 5.07. The van der Waals surface area contributed by atoms with Crippen molar-refractivity contribution in [3.8, 4) is 0 Å². The van der Waals surface area contributed by atoms with Crippen molar-refractivity contribution >= 4 is 28.2 Å². The molecule has 2 N–H and O–H groups in total. The largest absolute Gasteiger partial charge is 0.348 e. The molecule has 1 aromatic carbocycles. The molecule has 1 aliphatic carbocycles. The van der Waals surface area contributed by atoms with E-state index in [4.69, 9.17) is 0 Å². The molecular formula is C23H28N2O2S. The number of carbonyl (C=O) groups is 2. The highest BCUT2D eigenvalue weighted by atomic mass is 32.1. The second kappa shape index (κ2) is 8.31. The van der Waals surface area contributed by atoms with Gasteiger partial charge in [0.05, 0.1) is 5.56 Å².